The van der Waals surface area contributed by atoms with Gasteiger partial charge in [-0.1, -0.05) is 6.07 Å². The molecule has 0 radical (unpaired) electrons. The maximum absolute atomic E-state index is 13.6. The van der Waals surface area contributed by atoms with Crippen LogP contribution in [0.2, 0.25) is 0 Å². The molecule has 0 bridgehead atoms. The summed E-state index contributed by atoms with van der Waals surface area (Å²) in [5, 5.41) is 0. The van der Waals surface area contributed by atoms with Crippen LogP contribution < -0.4 is 4.74 Å². The first kappa shape index (κ1) is 13.8. The summed E-state index contributed by atoms with van der Waals surface area (Å²) in [6.07, 6.45) is -0.700. The molecule has 1 atom stereocenters. The van der Waals surface area contributed by atoms with Crippen molar-refractivity contribution in [3.63, 3.8) is 0 Å². The van der Waals surface area contributed by atoms with Gasteiger partial charge in [0.05, 0.1) is 13.2 Å². The van der Waals surface area contributed by atoms with Gasteiger partial charge in [0.15, 0.2) is 17.7 Å². The number of rotatable bonds is 3. The lowest BCUT2D eigenvalue weighted by Gasteiger charge is -2.29. The Morgan fingerprint density at radius 3 is 2.79 bits per heavy atom. The number of nitrogens with zero attached hydrogens (tertiary/aromatic N) is 1. The summed E-state index contributed by atoms with van der Waals surface area (Å²) in [7, 11) is 0. The summed E-state index contributed by atoms with van der Waals surface area (Å²) in [5.74, 6) is -0.467. The van der Waals surface area contributed by atoms with Gasteiger partial charge in [-0.2, -0.15) is 0 Å². The topological polar surface area (TPSA) is 38.8 Å². The monoisotopic (exact) mass is 267 g/mol. The Morgan fingerprint density at radius 2 is 2.11 bits per heavy atom. The lowest BCUT2D eigenvalue weighted by atomic mass is 10.2. The number of hydrogen-bond donors (Lipinski definition) is 0. The normalized spacial score (nSPS) is 17.1. The zero-order valence-corrected chi connectivity index (χ0v) is 11.2. The maximum atomic E-state index is 13.6. The molecule has 1 heterocycles. The van der Waals surface area contributed by atoms with Crippen LogP contribution in [0.4, 0.5) is 4.39 Å². The van der Waals surface area contributed by atoms with Crippen LogP contribution in [0.3, 0.4) is 0 Å². The van der Waals surface area contributed by atoms with Gasteiger partial charge in [-0.05, 0) is 31.5 Å². The minimum Gasteiger partial charge on any atom is -0.478 e. The molecule has 1 aromatic rings. The van der Waals surface area contributed by atoms with Crippen molar-refractivity contribution in [3.8, 4) is 5.75 Å². The molecule has 1 aliphatic rings. The number of halogens is 1. The second kappa shape index (κ2) is 6.02. The van der Waals surface area contributed by atoms with Gasteiger partial charge < -0.3 is 14.4 Å². The minimum absolute atomic E-state index is 0.120. The highest BCUT2D eigenvalue weighted by Gasteiger charge is 2.24. The molecule has 1 aromatic carbocycles. The molecule has 1 saturated heterocycles. The van der Waals surface area contributed by atoms with Crippen molar-refractivity contribution in [2.24, 2.45) is 0 Å². The van der Waals surface area contributed by atoms with E-state index in [-0.39, 0.29) is 11.7 Å². The number of morpholine rings is 1. The molecule has 5 heteroatoms. The molecular formula is C14H18FNO3. The van der Waals surface area contributed by atoms with Crippen LogP contribution in [-0.2, 0) is 9.53 Å². The molecule has 0 N–H and O–H groups in total. The third kappa shape index (κ3) is 3.44. The van der Waals surface area contributed by atoms with Crippen LogP contribution in [0.5, 0.6) is 5.75 Å². The Labute approximate surface area is 112 Å². The third-order valence-corrected chi connectivity index (χ3v) is 3.06. The van der Waals surface area contributed by atoms with Crippen LogP contribution in [0.1, 0.15) is 12.5 Å². The maximum Gasteiger partial charge on any atom is 0.263 e. The van der Waals surface area contributed by atoms with Crippen molar-refractivity contribution in [2.45, 2.75) is 20.0 Å². The molecule has 2 rings (SSSR count). The van der Waals surface area contributed by atoms with E-state index in [0.717, 1.165) is 5.56 Å². The lowest BCUT2D eigenvalue weighted by molar-refractivity contribution is -0.142. The first-order valence-corrected chi connectivity index (χ1v) is 6.37. The summed E-state index contributed by atoms with van der Waals surface area (Å²) in [4.78, 5) is 13.8. The lowest BCUT2D eigenvalue weighted by Crippen LogP contribution is -2.46. The van der Waals surface area contributed by atoms with Crippen LogP contribution in [0, 0.1) is 12.7 Å². The second-order valence-corrected chi connectivity index (χ2v) is 4.63. The number of aryl methyl sites for hydroxylation is 1. The quantitative estimate of drug-likeness (QED) is 0.837. The molecule has 0 aromatic heterocycles. The molecule has 0 spiro atoms. The zero-order valence-electron chi connectivity index (χ0n) is 11.2. The minimum atomic E-state index is -0.700. The first-order chi connectivity index (χ1) is 9.08. The van der Waals surface area contributed by atoms with E-state index in [4.69, 9.17) is 9.47 Å². The Kier molecular flexibility index (Phi) is 4.37. The van der Waals surface area contributed by atoms with Crippen molar-refractivity contribution in [1.29, 1.82) is 0 Å². The Bertz CT molecular complexity index is 458. The predicted octanol–water partition coefficient (Wildman–Crippen LogP) is 1.76. The Morgan fingerprint density at radius 1 is 1.42 bits per heavy atom. The number of ether oxygens (including phenoxy) is 2. The van der Waals surface area contributed by atoms with Gasteiger partial charge in [-0.15, -0.1) is 0 Å². The standard InChI is InChI=1S/C14H18FNO3/c1-10-3-4-12(15)13(9-10)19-11(2)14(17)16-5-7-18-8-6-16/h3-4,9,11H,5-8H2,1-2H3. The molecule has 19 heavy (non-hydrogen) atoms. The van der Waals surface area contributed by atoms with Gasteiger partial charge in [0.1, 0.15) is 0 Å². The molecule has 1 unspecified atom stereocenters. The Hall–Kier alpha value is -1.62. The van der Waals surface area contributed by atoms with Crippen molar-refractivity contribution in [1.82, 2.24) is 4.90 Å². The van der Waals surface area contributed by atoms with Crippen molar-refractivity contribution in [3.05, 3.63) is 29.6 Å². The molecular weight excluding hydrogens is 249 g/mol. The average molecular weight is 267 g/mol. The van der Waals surface area contributed by atoms with E-state index in [1.54, 1.807) is 24.0 Å². The fraction of sp³-hybridized carbons (Fsp3) is 0.500. The number of benzene rings is 1. The van der Waals surface area contributed by atoms with E-state index >= 15 is 0 Å². The number of carbonyl (C=O) groups is 1. The van der Waals surface area contributed by atoms with Crippen molar-refractivity contribution in [2.75, 3.05) is 26.3 Å². The molecule has 0 aliphatic carbocycles. The second-order valence-electron chi connectivity index (χ2n) is 4.63. The smallest absolute Gasteiger partial charge is 0.263 e. The number of amides is 1. The van der Waals surface area contributed by atoms with Gasteiger partial charge in [-0.3, -0.25) is 4.79 Å². The third-order valence-electron chi connectivity index (χ3n) is 3.06. The van der Waals surface area contributed by atoms with E-state index in [9.17, 15) is 9.18 Å². The highest BCUT2D eigenvalue weighted by molar-refractivity contribution is 5.81. The summed E-state index contributed by atoms with van der Waals surface area (Å²) in [6, 6.07) is 4.60. The fourth-order valence-corrected chi connectivity index (χ4v) is 1.98. The molecule has 4 nitrogen and oxygen atoms in total. The van der Waals surface area contributed by atoms with Gasteiger partial charge in [0, 0.05) is 13.1 Å². The fourth-order valence-electron chi connectivity index (χ4n) is 1.98. The predicted molar refractivity (Wildman–Crippen MR) is 68.6 cm³/mol. The summed E-state index contributed by atoms with van der Waals surface area (Å²) < 4.78 is 24.2. The highest BCUT2D eigenvalue weighted by Crippen LogP contribution is 2.20. The van der Waals surface area contributed by atoms with Crippen molar-refractivity contribution >= 4 is 5.91 Å². The van der Waals surface area contributed by atoms with Gasteiger partial charge in [0.25, 0.3) is 5.91 Å². The van der Waals surface area contributed by atoms with Crippen LogP contribution >= 0.6 is 0 Å². The van der Waals surface area contributed by atoms with E-state index in [0.29, 0.717) is 26.3 Å². The zero-order chi connectivity index (χ0) is 13.8. The Balaban J connectivity index is 2.01. The van der Waals surface area contributed by atoms with E-state index in [1.165, 1.54) is 6.07 Å². The molecule has 1 aliphatic heterocycles. The van der Waals surface area contributed by atoms with Crippen LogP contribution in [0.15, 0.2) is 18.2 Å². The highest BCUT2D eigenvalue weighted by atomic mass is 19.1. The molecule has 1 fully saturated rings. The molecule has 0 saturated carbocycles. The first-order valence-electron chi connectivity index (χ1n) is 6.37. The van der Waals surface area contributed by atoms with E-state index in [1.807, 2.05) is 6.92 Å². The largest absolute Gasteiger partial charge is 0.478 e. The summed E-state index contributed by atoms with van der Waals surface area (Å²) in [5.41, 5.74) is 0.891. The van der Waals surface area contributed by atoms with Gasteiger partial charge >= 0.3 is 0 Å². The van der Waals surface area contributed by atoms with Crippen molar-refractivity contribution < 1.29 is 18.7 Å². The SMILES string of the molecule is Cc1ccc(F)c(OC(C)C(=O)N2CCOCC2)c1. The summed E-state index contributed by atoms with van der Waals surface area (Å²) in [6.45, 7) is 5.68. The summed E-state index contributed by atoms with van der Waals surface area (Å²) >= 11 is 0. The number of hydrogen-bond acceptors (Lipinski definition) is 3. The average Bonchev–Trinajstić information content (AvgIpc) is 2.43. The van der Waals surface area contributed by atoms with E-state index in [2.05, 4.69) is 0 Å². The van der Waals surface area contributed by atoms with Crippen LogP contribution in [-0.4, -0.2) is 43.2 Å². The van der Waals surface area contributed by atoms with Crippen LogP contribution in [0.25, 0.3) is 0 Å². The van der Waals surface area contributed by atoms with E-state index < -0.39 is 11.9 Å². The van der Waals surface area contributed by atoms with Gasteiger partial charge in [-0.25, -0.2) is 4.39 Å². The number of carbonyl (C=O) groups excluding carboxylic acids is 1. The molecule has 1 amide bonds. The van der Waals surface area contributed by atoms with Gasteiger partial charge in [0.2, 0.25) is 0 Å². The molecule has 104 valence electrons.